The minimum Gasteiger partial charge on any atom is -0.507 e. The zero-order valence-corrected chi connectivity index (χ0v) is 15.3. The number of nitrogens with zero attached hydrogens (tertiary/aromatic N) is 3. The Bertz CT molecular complexity index is 687. The lowest BCUT2D eigenvalue weighted by Crippen LogP contribution is -2.21. The number of ether oxygens (including phenoxy) is 1. The molecule has 0 aliphatic heterocycles. The van der Waals surface area contributed by atoms with Crippen LogP contribution in [0.15, 0.2) is 41.5 Å². The Morgan fingerprint density at radius 1 is 1.32 bits per heavy atom. The molecule has 0 spiro atoms. The molecule has 0 atom stereocenters. The molecule has 0 saturated carbocycles. The van der Waals surface area contributed by atoms with Crippen LogP contribution in [-0.4, -0.2) is 55.1 Å². The first-order valence-electron chi connectivity index (χ1n) is 8.50. The lowest BCUT2D eigenvalue weighted by atomic mass is 10.0. The summed E-state index contributed by atoms with van der Waals surface area (Å²) in [6.07, 6.45) is 4.42. The number of aromatic nitrogens is 1. The van der Waals surface area contributed by atoms with Crippen molar-refractivity contribution in [1.29, 1.82) is 0 Å². The molecule has 0 radical (unpaired) electrons. The first-order valence-corrected chi connectivity index (χ1v) is 8.50. The highest BCUT2D eigenvalue weighted by molar-refractivity contribution is 5.84. The van der Waals surface area contributed by atoms with Crippen LogP contribution >= 0.6 is 0 Å². The maximum Gasteiger partial charge on any atom is 0.128 e. The van der Waals surface area contributed by atoms with Gasteiger partial charge in [0.05, 0.1) is 13.2 Å². The third-order valence-electron chi connectivity index (χ3n) is 3.93. The molecular weight excluding hydrogens is 314 g/mol. The van der Waals surface area contributed by atoms with E-state index >= 15 is 0 Å². The first kappa shape index (κ1) is 19.1. The molecule has 134 valence electrons. The molecule has 25 heavy (non-hydrogen) atoms. The maximum atomic E-state index is 10.5. The summed E-state index contributed by atoms with van der Waals surface area (Å²) >= 11 is 0. The Kier molecular flexibility index (Phi) is 7.57. The van der Waals surface area contributed by atoms with Crippen LogP contribution in [0.3, 0.4) is 0 Å². The zero-order valence-electron chi connectivity index (χ0n) is 15.3. The number of aliphatic imine (C=N–C) groups is 1. The van der Waals surface area contributed by atoms with Crippen molar-refractivity contribution in [1.82, 2.24) is 9.88 Å². The molecule has 0 aliphatic carbocycles. The molecule has 0 aliphatic rings. The highest BCUT2D eigenvalue weighted by Gasteiger charge is 2.10. The summed E-state index contributed by atoms with van der Waals surface area (Å²) in [6.45, 7) is 4.75. The Balaban J connectivity index is 2.00. The Morgan fingerprint density at radius 2 is 2.16 bits per heavy atom. The lowest BCUT2D eigenvalue weighted by molar-refractivity contribution is 0.208. The summed E-state index contributed by atoms with van der Waals surface area (Å²) in [4.78, 5) is 10.8. The van der Waals surface area contributed by atoms with Gasteiger partial charge in [0.1, 0.15) is 5.75 Å². The van der Waals surface area contributed by atoms with Crippen LogP contribution in [0, 0.1) is 6.92 Å². The van der Waals surface area contributed by atoms with E-state index in [0.717, 1.165) is 35.3 Å². The van der Waals surface area contributed by atoms with Gasteiger partial charge in [-0.05, 0) is 37.7 Å². The first-order chi connectivity index (χ1) is 12.1. The molecule has 1 N–H and O–H groups in total. The molecule has 2 rings (SSSR count). The van der Waals surface area contributed by atoms with Crippen molar-refractivity contribution in [2.75, 3.05) is 33.9 Å². The fraction of sp³-hybridized carbons (Fsp3) is 0.400. The van der Waals surface area contributed by atoms with Gasteiger partial charge in [-0.2, -0.15) is 0 Å². The lowest BCUT2D eigenvalue weighted by Gasteiger charge is -2.18. The van der Waals surface area contributed by atoms with E-state index in [1.165, 1.54) is 0 Å². The van der Waals surface area contributed by atoms with Crippen LogP contribution in [0.5, 0.6) is 5.75 Å². The van der Waals surface area contributed by atoms with Gasteiger partial charge in [0.15, 0.2) is 0 Å². The third-order valence-corrected chi connectivity index (χ3v) is 3.93. The van der Waals surface area contributed by atoms with Crippen molar-refractivity contribution < 1.29 is 9.84 Å². The van der Waals surface area contributed by atoms with Gasteiger partial charge in [0, 0.05) is 55.9 Å². The summed E-state index contributed by atoms with van der Waals surface area (Å²) in [5.74, 6) is 0.302. The summed E-state index contributed by atoms with van der Waals surface area (Å²) < 4.78 is 4.99. The van der Waals surface area contributed by atoms with Gasteiger partial charge in [-0.3, -0.25) is 9.98 Å². The highest BCUT2D eigenvalue weighted by Crippen LogP contribution is 2.24. The molecule has 5 heteroatoms. The molecule has 5 nitrogen and oxygen atoms in total. The second-order valence-electron chi connectivity index (χ2n) is 6.20. The van der Waals surface area contributed by atoms with E-state index in [1.54, 1.807) is 13.3 Å². The van der Waals surface area contributed by atoms with E-state index in [4.69, 9.17) is 4.74 Å². The number of benzene rings is 1. The molecule has 0 bridgehead atoms. The van der Waals surface area contributed by atoms with Crippen molar-refractivity contribution in [3.63, 3.8) is 0 Å². The minimum absolute atomic E-state index is 0.302. The second kappa shape index (κ2) is 9.91. The van der Waals surface area contributed by atoms with Gasteiger partial charge in [-0.25, -0.2) is 0 Å². The summed E-state index contributed by atoms with van der Waals surface area (Å²) in [6, 6.07) is 9.94. The Morgan fingerprint density at radius 3 is 2.88 bits per heavy atom. The van der Waals surface area contributed by atoms with Crippen LogP contribution in [-0.2, 0) is 17.7 Å². The van der Waals surface area contributed by atoms with Gasteiger partial charge in [-0.1, -0.05) is 12.1 Å². The number of hydrogen-bond donors (Lipinski definition) is 1. The van der Waals surface area contributed by atoms with Crippen LogP contribution in [0.4, 0.5) is 0 Å². The SMILES string of the molecule is COCCN=Cc1cc(C)cc(CN(C)CCc2ccccn2)c1O. The van der Waals surface area contributed by atoms with Crippen molar-refractivity contribution in [3.8, 4) is 5.75 Å². The number of aromatic hydroxyl groups is 1. The second-order valence-corrected chi connectivity index (χ2v) is 6.20. The van der Waals surface area contributed by atoms with E-state index in [2.05, 4.69) is 21.9 Å². The van der Waals surface area contributed by atoms with Gasteiger partial charge in [-0.15, -0.1) is 0 Å². The fourth-order valence-electron chi connectivity index (χ4n) is 2.63. The summed E-state index contributed by atoms with van der Waals surface area (Å²) in [5.41, 5.74) is 3.86. The highest BCUT2D eigenvalue weighted by atomic mass is 16.5. The van der Waals surface area contributed by atoms with E-state index in [1.807, 2.05) is 43.5 Å². The Hall–Kier alpha value is -2.24. The van der Waals surface area contributed by atoms with Crippen molar-refractivity contribution in [2.45, 2.75) is 19.9 Å². The van der Waals surface area contributed by atoms with Gasteiger partial charge in [0.25, 0.3) is 0 Å². The van der Waals surface area contributed by atoms with Gasteiger partial charge >= 0.3 is 0 Å². The van der Waals surface area contributed by atoms with Crippen molar-refractivity contribution in [3.05, 3.63) is 58.9 Å². The van der Waals surface area contributed by atoms with E-state index < -0.39 is 0 Å². The standard InChI is InChI=1S/C20H27N3O2/c1-16-12-17(14-21-9-11-25-3)20(24)18(13-16)15-23(2)10-7-19-6-4-5-8-22-19/h4-6,8,12-14,24H,7,9-11,15H2,1-3H3. The maximum absolute atomic E-state index is 10.5. The summed E-state index contributed by atoms with van der Waals surface area (Å²) in [5, 5.41) is 10.5. The van der Waals surface area contributed by atoms with Crippen LogP contribution in [0.25, 0.3) is 0 Å². The van der Waals surface area contributed by atoms with E-state index in [-0.39, 0.29) is 0 Å². The number of phenolic OH excluding ortho intramolecular Hbond substituents is 1. The van der Waals surface area contributed by atoms with Crippen LogP contribution < -0.4 is 0 Å². The number of rotatable bonds is 9. The largest absolute Gasteiger partial charge is 0.507 e. The number of methoxy groups -OCH3 is 1. The van der Waals surface area contributed by atoms with Crippen LogP contribution in [0.2, 0.25) is 0 Å². The molecule has 0 saturated heterocycles. The number of pyridine rings is 1. The smallest absolute Gasteiger partial charge is 0.128 e. The van der Waals surface area contributed by atoms with Crippen molar-refractivity contribution >= 4 is 6.21 Å². The normalized spacial score (nSPS) is 11.5. The summed E-state index contributed by atoms with van der Waals surface area (Å²) in [7, 11) is 3.70. The Labute approximate surface area is 150 Å². The average molecular weight is 341 g/mol. The monoisotopic (exact) mass is 341 g/mol. The topological polar surface area (TPSA) is 58.0 Å². The molecule has 0 unspecified atom stereocenters. The fourth-order valence-corrected chi connectivity index (χ4v) is 2.63. The van der Waals surface area contributed by atoms with Gasteiger partial charge in [0.2, 0.25) is 0 Å². The number of phenols is 1. The zero-order chi connectivity index (χ0) is 18.1. The van der Waals surface area contributed by atoms with E-state index in [9.17, 15) is 5.11 Å². The molecule has 1 aromatic carbocycles. The van der Waals surface area contributed by atoms with E-state index in [0.29, 0.717) is 25.4 Å². The van der Waals surface area contributed by atoms with Crippen LogP contribution in [0.1, 0.15) is 22.4 Å². The minimum atomic E-state index is 0.302. The quantitative estimate of drug-likeness (QED) is 0.563. The third kappa shape index (κ3) is 6.29. The number of aryl methyl sites for hydroxylation is 1. The van der Waals surface area contributed by atoms with Crippen molar-refractivity contribution in [2.24, 2.45) is 4.99 Å². The molecular formula is C20H27N3O2. The number of hydrogen-bond acceptors (Lipinski definition) is 5. The molecule has 0 amide bonds. The molecule has 1 aromatic heterocycles. The molecule has 0 fully saturated rings. The predicted molar refractivity (Wildman–Crippen MR) is 101 cm³/mol. The molecule has 2 aromatic rings. The average Bonchev–Trinajstić information content (AvgIpc) is 2.61. The molecule has 1 heterocycles. The number of likely N-dealkylation sites (N-methyl/N-ethyl adjacent to an activating group) is 1. The van der Waals surface area contributed by atoms with Gasteiger partial charge < -0.3 is 14.7 Å². The predicted octanol–water partition coefficient (Wildman–Crippen LogP) is 2.84.